The van der Waals surface area contributed by atoms with E-state index < -0.39 is 5.92 Å². The topological polar surface area (TPSA) is 55.4 Å². The molecule has 4 nitrogen and oxygen atoms in total. The predicted octanol–water partition coefficient (Wildman–Crippen LogP) is 2.63. The van der Waals surface area contributed by atoms with Gasteiger partial charge >= 0.3 is 5.97 Å². The van der Waals surface area contributed by atoms with Crippen molar-refractivity contribution in [3.63, 3.8) is 0 Å². The highest BCUT2D eigenvalue weighted by Crippen LogP contribution is 2.37. The van der Waals surface area contributed by atoms with Gasteiger partial charge in [0.25, 0.3) is 0 Å². The molecule has 0 spiro atoms. The summed E-state index contributed by atoms with van der Waals surface area (Å²) in [5, 5.41) is 2.88. The van der Waals surface area contributed by atoms with Crippen molar-refractivity contribution in [2.75, 3.05) is 5.32 Å². The monoisotopic (exact) mass is 261 g/mol. The van der Waals surface area contributed by atoms with Crippen molar-refractivity contribution < 1.29 is 14.3 Å². The summed E-state index contributed by atoms with van der Waals surface area (Å²) < 4.78 is 5.11. The van der Waals surface area contributed by atoms with Gasteiger partial charge in [-0.05, 0) is 31.4 Å². The molecule has 0 radical (unpaired) electrons. The lowest BCUT2D eigenvalue weighted by Gasteiger charge is -2.11. The van der Waals surface area contributed by atoms with E-state index in [1.165, 1.54) is 0 Å². The molecular formula is C15H19NO3. The lowest BCUT2D eigenvalue weighted by atomic mass is 9.95. The Morgan fingerprint density at radius 2 is 2.16 bits per heavy atom. The number of hydrogen-bond donors (Lipinski definition) is 1. The smallest absolute Gasteiger partial charge is 0.307 e. The highest BCUT2D eigenvalue weighted by atomic mass is 16.5. The molecule has 1 aromatic rings. The molecule has 0 aromatic heterocycles. The summed E-state index contributed by atoms with van der Waals surface area (Å²) in [6.07, 6.45) is 0.801. The van der Waals surface area contributed by atoms with Crippen LogP contribution in [0.5, 0.6) is 0 Å². The zero-order valence-electron chi connectivity index (χ0n) is 11.5. The van der Waals surface area contributed by atoms with Gasteiger partial charge in [-0.15, -0.1) is 0 Å². The summed E-state index contributed by atoms with van der Waals surface area (Å²) in [5.41, 5.74) is 2.88. The summed E-state index contributed by atoms with van der Waals surface area (Å²) >= 11 is 0. The summed E-state index contributed by atoms with van der Waals surface area (Å²) in [5.74, 6) is -0.866. The number of amides is 1. The largest absolute Gasteiger partial charge is 0.463 e. The van der Waals surface area contributed by atoms with Gasteiger partial charge in [-0.1, -0.05) is 25.1 Å². The Morgan fingerprint density at radius 3 is 2.79 bits per heavy atom. The van der Waals surface area contributed by atoms with Gasteiger partial charge < -0.3 is 10.1 Å². The number of anilines is 1. The third-order valence-electron chi connectivity index (χ3n) is 3.24. The number of rotatable bonds is 4. The fourth-order valence-electron chi connectivity index (χ4n) is 2.39. The van der Waals surface area contributed by atoms with Crippen LogP contribution in [0.2, 0.25) is 0 Å². The SMILES string of the molecule is CCc1cccc2c1NC(=O)C2CC(=O)OC(C)C. The zero-order valence-corrected chi connectivity index (χ0v) is 11.5. The lowest BCUT2D eigenvalue weighted by molar-refractivity contribution is -0.148. The van der Waals surface area contributed by atoms with Crippen LogP contribution in [0.3, 0.4) is 0 Å². The molecule has 1 aliphatic heterocycles. The van der Waals surface area contributed by atoms with E-state index in [1.807, 2.05) is 25.1 Å². The molecule has 0 saturated carbocycles. The van der Waals surface area contributed by atoms with Crippen LogP contribution in [-0.4, -0.2) is 18.0 Å². The van der Waals surface area contributed by atoms with Gasteiger partial charge in [0.05, 0.1) is 18.4 Å². The van der Waals surface area contributed by atoms with Gasteiger partial charge in [0.2, 0.25) is 5.91 Å². The molecule has 1 aromatic carbocycles. The molecule has 0 bridgehead atoms. The molecule has 4 heteroatoms. The van der Waals surface area contributed by atoms with Crippen molar-refractivity contribution in [3.8, 4) is 0 Å². The van der Waals surface area contributed by atoms with Crippen LogP contribution in [0.25, 0.3) is 0 Å². The molecular weight excluding hydrogens is 242 g/mol. The van der Waals surface area contributed by atoms with Crippen LogP contribution >= 0.6 is 0 Å². The second-order valence-corrected chi connectivity index (χ2v) is 5.02. The summed E-state index contributed by atoms with van der Waals surface area (Å²) in [7, 11) is 0. The number of aryl methyl sites for hydroxylation is 1. The van der Waals surface area contributed by atoms with Gasteiger partial charge in [0.15, 0.2) is 0 Å². The van der Waals surface area contributed by atoms with Crippen molar-refractivity contribution in [1.29, 1.82) is 0 Å². The van der Waals surface area contributed by atoms with E-state index in [4.69, 9.17) is 4.74 Å². The second kappa shape index (κ2) is 5.43. The Labute approximate surface area is 113 Å². The summed E-state index contributed by atoms with van der Waals surface area (Å²) in [6.45, 7) is 5.65. The molecule has 1 amide bonds. The van der Waals surface area contributed by atoms with Crippen LogP contribution < -0.4 is 5.32 Å². The number of carbonyl (C=O) groups excluding carboxylic acids is 2. The Morgan fingerprint density at radius 1 is 1.42 bits per heavy atom. The molecule has 0 fully saturated rings. The first-order valence-corrected chi connectivity index (χ1v) is 6.65. The summed E-state index contributed by atoms with van der Waals surface area (Å²) in [6, 6.07) is 5.83. The van der Waals surface area contributed by atoms with Gasteiger partial charge in [-0.25, -0.2) is 0 Å². The maximum atomic E-state index is 12.0. The normalized spacial score (nSPS) is 17.3. The van der Waals surface area contributed by atoms with Crippen molar-refractivity contribution in [3.05, 3.63) is 29.3 Å². The minimum absolute atomic E-state index is 0.101. The number of ether oxygens (including phenoxy) is 1. The number of hydrogen-bond acceptors (Lipinski definition) is 3. The van der Waals surface area contributed by atoms with E-state index in [0.717, 1.165) is 23.2 Å². The van der Waals surface area contributed by atoms with Crippen LogP contribution in [0.4, 0.5) is 5.69 Å². The van der Waals surface area contributed by atoms with Gasteiger partial charge in [0.1, 0.15) is 0 Å². The molecule has 1 atom stereocenters. The van der Waals surface area contributed by atoms with Crippen LogP contribution in [0, 0.1) is 0 Å². The molecule has 1 unspecified atom stereocenters. The van der Waals surface area contributed by atoms with Gasteiger partial charge in [-0.2, -0.15) is 0 Å². The Balaban J connectivity index is 2.21. The van der Waals surface area contributed by atoms with E-state index in [1.54, 1.807) is 13.8 Å². The van der Waals surface area contributed by atoms with Crippen LogP contribution in [0.15, 0.2) is 18.2 Å². The minimum Gasteiger partial charge on any atom is -0.463 e. The molecule has 0 saturated heterocycles. The minimum atomic E-state index is -0.423. The second-order valence-electron chi connectivity index (χ2n) is 5.02. The lowest BCUT2D eigenvalue weighted by Crippen LogP contribution is -2.19. The zero-order chi connectivity index (χ0) is 14.0. The first-order valence-electron chi connectivity index (χ1n) is 6.65. The van der Waals surface area contributed by atoms with Gasteiger partial charge in [-0.3, -0.25) is 9.59 Å². The molecule has 0 aliphatic carbocycles. The Bertz CT molecular complexity index is 508. The number of esters is 1. The predicted molar refractivity (Wildman–Crippen MR) is 73.0 cm³/mol. The van der Waals surface area contributed by atoms with E-state index >= 15 is 0 Å². The Kier molecular flexibility index (Phi) is 3.88. The molecule has 1 aliphatic rings. The maximum absolute atomic E-state index is 12.0. The standard InChI is InChI=1S/C15H19NO3/c1-4-10-6-5-7-11-12(15(18)16-14(10)11)8-13(17)19-9(2)3/h5-7,9,12H,4,8H2,1-3H3,(H,16,18). The fraction of sp³-hybridized carbons (Fsp3) is 0.467. The number of benzene rings is 1. The molecule has 1 heterocycles. The first-order chi connectivity index (χ1) is 9.02. The quantitative estimate of drug-likeness (QED) is 0.848. The Hall–Kier alpha value is -1.84. The molecule has 1 N–H and O–H groups in total. The molecule has 102 valence electrons. The van der Waals surface area contributed by atoms with Crippen LogP contribution in [0.1, 0.15) is 44.2 Å². The average Bonchev–Trinajstić information content (AvgIpc) is 2.65. The van der Waals surface area contributed by atoms with Crippen LogP contribution in [-0.2, 0) is 20.7 Å². The van der Waals surface area contributed by atoms with Crippen molar-refractivity contribution >= 4 is 17.6 Å². The number of fused-ring (bicyclic) bond motifs is 1. The third kappa shape index (κ3) is 2.78. The van der Waals surface area contributed by atoms with Crippen molar-refractivity contribution in [2.45, 2.75) is 45.6 Å². The highest BCUT2D eigenvalue weighted by Gasteiger charge is 2.33. The third-order valence-corrected chi connectivity index (χ3v) is 3.24. The summed E-state index contributed by atoms with van der Waals surface area (Å²) in [4.78, 5) is 23.7. The fourth-order valence-corrected chi connectivity index (χ4v) is 2.39. The van der Waals surface area contributed by atoms with E-state index in [-0.39, 0.29) is 24.4 Å². The van der Waals surface area contributed by atoms with Gasteiger partial charge in [0, 0.05) is 5.69 Å². The van der Waals surface area contributed by atoms with E-state index in [9.17, 15) is 9.59 Å². The first kappa shape index (κ1) is 13.6. The van der Waals surface area contributed by atoms with E-state index in [2.05, 4.69) is 5.32 Å². The maximum Gasteiger partial charge on any atom is 0.307 e. The molecule has 2 rings (SSSR count). The van der Waals surface area contributed by atoms with E-state index in [0.29, 0.717) is 0 Å². The highest BCUT2D eigenvalue weighted by molar-refractivity contribution is 6.05. The number of carbonyl (C=O) groups is 2. The van der Waals surface area contributed by atoms with Crippen molar-refractivity contribution in [2.24, 2.45) is 0 Å². The van der Waals surface area contributed by atoms with Crippen molar-refractivity contribution in [1.82, 2.24) is 0 Å². The molecule has 19 heavy (non-hydrogen) atoms. The average molecular weight is 261 g/mol. The number of nitrogens with one attached hydrogen (secondary N) is 1. The number of para-hydroxylation sites is 1.